The zero-order valence-corrected chi connectivity index (χ0v) is 8.16. The summed E-state index contributed by atoms with van der Waals surface area (Å²) in [6.45, 7) is 0. The predicted molar refractivity (Wildman–Crippen MR) is 16.8 cm³/mol. The van der Waals surface area contributed by atoms with E-state index in [2.05, 4.69) is 0 Å². The van der Waals surface area contributed by atoms with Gasteiger partial charge in [-0.1, -0.05) is 0 Å². The summed E-state index contributed by atoms with van der Waals surface area (Å²) in [5.41, 5.74) is 0. The number of rotatable bonds is 0. The molecule has 0 spiro atoms. The van der Waals surface area contributed by atoms with Gasteiger partial charge in [0.05, 0.1) is 0 Å². The van der Waals surface area contributed by atoms with Gasteiger partial charge in [-0.15, -0.1) is 0 Å². The van der Waals surface area contributed by atoms with Crippen LogP contribution in [0.4, 0.5) is 9.59 Å². The second kappa shape index (κ2) is 15.9. The monoisotopic (exact) mass is 280 g/mol. The summed E-state index contributed by atoms with van der Waals surface area (Å²) < 4.78 is 0. The molecule has 4 N–H and O–H groups in total. The van der Waals surface area contributed by atoms with E-state index in [-0.39, 0.29) is 47.0 Å². The van der Waals surface area contributed by atoms with Crippen LogP contribution >= 0.6 is 0 Å². The minimum Gasteiger partial charge on any atom is -0.652 e. The molecule has 0 bridgehead atoms. The van der Waals surface area contributed by atoms with Crippen molar-refractivity contribution in [1.29, 1.82) is 0 Å². The third kappa shape index (κ3) is 16500. The van der Waals surface area contributed by atoms with Gasteiger partial charge in [0.2, 0.25) is 0 Å². The van der Waals surface area contributed by atoms with E-state index in [1.807, 2.05) is 0 Å². The average Bonchev–Trinajstić information content (AvgIpc) is 1.25. The van der Waals surface area contributed by atoms with Gasteiger partial charge in [-0.3, -0.25) is 0 Å². The number of hydrogen-bond donors (Lipinski definition) is 1. The number of carbonyl (C=O) groups excluding carboxylic acids is 2. The van der Waals surface area contributed by atoms with E-state index in [0.29, 0.717) is 0 Å². The van der Waals surface area contributed by atoms with E-state index in [1.54, 1.807) is 0 Å². The Labute approximate surface area is 88.8 Å². The number of carbonyl (C=O) groups is 2. The van der Waals surface area contributed by atoms with Crippen molar-refractivity contribution in [2.24, 2.45) is 0 Å². The molecule has 10 heavy (non-hydrogen) atoms. The zero-order valence-electron chi connectivity index (χ0n) is 4.95. The van der Waals surface area contributed by atoms with Gasteiger partial charge < -0.3 is 36.2 Å². The third-order valence-electron chi connectivity index (χ3n) is 0. The molecule has 0 aliphatic heterocycles. The van der Waals surface area contributed by atoms with E-state index in [9.17, 15) is 0 Å². The van der Waals surface area contributed by atoms with Crippen LogP contribution < -0.4 is 26.6 Å². The van der Waals surface area contributed by atoms with Crippen molar-refractivity contribution in [3.05, 3.63) is 0 Å². The molecule has 0 saturated heterocycles. The molecule has 0 heterocycles. The molecule has 0 aromatic heterocycles. The molecular formula is C2H4NNdO6. The summed E-state index contributed by atoms with van der Waals surface area (Å²) in [5, 5.41) is 33.3. The van der Waals surface area contributed by atoms with Crippen LogP contribution in [0.3, 0.4) is 0 Å². The molecule has 0 aromatic carbocycles. The van der Waals surface area contributed by atoms with Crippen LogP contribution in [0.5, 0.6) is 0 Å². The Bertz CT molecular complexity index is 73.7. The molecule has 7 nitrogen and oxygen atoms in total. The number of hydrogen-bond acceptors (Lipinski definition) is 6. The van der Waals surface area contributed by atoms with E-state index in [4.69, 9.17) is 30.0 Å². The summed E-state index contributed by atoms with van der Waals surface area (Å²) in [6.07, 6.45) is -4.67. The molecule has 8 heteroatoms. The van der Waals surface area contributed by atoms with Crippen LogP contribution in [0.1, 0.15) is 0 Å². The first-order chi connectivity index (χ1) is 3.46. The molecule has 1 radical (unpaired) electrons. The van der Waals surface area contributed by atoms with Crippen LogP contribution in [-0.4, -0.2) is 12.3 Å². The standard InChI is InChI=1S/2CH2O3.H3N.Nd/c2*2-1(3)4;;/h2*(H2,2,3,4);1H3;/q;;;+3/p-3. The van der Waals surface area contributed by atoms with E-state index in [0.717, 1.165) is 0 Å². The predicted octanol–water partition coefficient (Wildman–Crippen LogP) is -4.52. The van der Waals surface area contributed by atoms with Crippen LogP contribution in [0.15, 0.2) is 0 Å². The van der Waals surface area contributed by atoms with Gasteiger partial charge in [-0.2, -0.15) is 0 Å². The van der Waals surface area contributed by atoms with Gasteiger partial charge in [-0.25, -0.2) is 0 Å². The Kier molecular flexibility index (Phi) is 35.9. The van der Waals surface area contributed by atoms with Gasteiger partial charge in [0.25, 0.3) is 0 Å². The molecule has 0 aromatic rings. The van der Waals surface area contributed by atoms with Crippen LogP contribution in [0.2, 0.25) is 0 Å². The fourth-order valence-corrected chi connectivity index (χ4v) is 0. The summed E-state index contributed by atoms with van der Waals surface area (Å²) >= 11 is 0. The molecule has 0 aliphatic rings. The fraction of sp³-hybridized carbons (Fsp3) is 0. The first kappa shape index (κ1) is 22.5. The first-order valence-electron chi connectivity index (χ1n) is 1.22. The molecule has 0 fully saturated rings. The van der Waals surface area contributed by atoms with Gasteiger partial charge >= 0.3 is 40.8 Å². The van der Waals surface area contributed by atoms with Crippen LogP contribution in [0.25, 0.3) is 0 Å². The van der Waals surface area contributed by atoms with Crippen molar-refractivity contribution >= 4 is 12.3 Å². The van der Waals surface area contributed by atoms with Gasteiger partial charge in [0.15, 0.2) is 0 Å². The largest absolute Gasteiger partial charge is 3.00 e. The van der Waals surface area contributed by atoms with Crippen molar-refractivity contribution in [1.82, 2.24) is 6.15 Å². The van der Waals surface area contributed by atoms with Gasteiger partial charge in [0, 0.05) is 0 Å². The van der Waals surface area contributed by atoms with Gasteiger partial charge in [-0.05, 0) is 12.3 Å². The number of quaternary nitrogens is 1. The molecule has 0 atom stereocenters. The van der Waals surface area contributed by atoms with Crippen molar-refractivity contribution in [2.45, 2.75) is 0 Å². The molecule has 0 aliphatic carbocycles. The third-order valence-corrected chi connectivity index (χ3v) is 0. The first-order valence-corrected chi connectivity index (χ1v) is 1.22. The summed E-state index contributed by atoms with van der Waals surface area (Å²) in [5.74, 6) is 0. The molecule has 57 valence electrons. The Morgan fingerprint density at radius 3 is 0.800 bits per heavy atom. The molecule has 0 unspecified atom stereocenters. The second-order valence-electron chi connectivity index (χ2n) is 0.500. The Balaban J connectivity index is -0.0000000300. The minimum atomic E-state index is -2.33. The van der Waals surface area contributed by atoms with E-state index < -0.39 is 12.3 Å². The zero-order chi connectivity index (χ0) is 7.15. The van der Waals surface area contributed by atoms with Crippen molar-refractivity contribution in [3.8, 4) is 0 Å². The molecule has 0 saturated carbocycles. The number of carboxylic acid groups (broad SMARTS) is 4. The van der Waals surface area contributed by atoms with Crippen LogP contribution in [-0.2, 0) is 0 Å². The molecule has 0 rings (SSSR count). The molecule has 0 amide bonds. The Morgan fingerprint density at radius 1 is 0.800 bits per heavy atom. The SMILES string of the molecule is O=C([O-])[O-].O=C([O-])[O-].[NH4+].[Nd+3]. The summed E-state index contributed by atoms with van der Waals surface area (Å²) in [7, 11) is 0. The maximum absolute atomic E-state index is 8.33. The van der Waals surface area contributed by atoms with Crippen molar-refractivity contribution < 1.29 is 70.9 Å². The van der Waals surface area contributed by atoms with E-state index in [1.165, 1.54) is 0 Å². The fourth-order valence-electron chi connectivity index (χ4n) is 0. The maximum atomic E-state index is 8.33. The molecular weight excluding hydrogens is 278 g/mol. The summed E-state index contributed by atoms with van der Waals surface area (Å²) in [6, 6.07) is 0. The topological polar surface area (TPSA) is 163 Å². The van der Waals surface area contributed by atoms with E-state index >= 15 is 0 Å². The van der Waals surface area contributed by atoms with Crippen LogP contribution in [0, 0.1) is 40.8 Å². The minimum absolute atomic E-state index is 0. The Hall–Kier alpha value is -0.149. The second-order valence-corrected chi connectivity index (χ2v) is 0.500. The smallest absolute Gasteiger partial charge is 0.652 e. The Morgan fingerprint density at radius 2 is 0.800 bits per heavy atom. The van der Waals surface area contributed by atoms with Crippen molar-refractivity contribution in [3.63, 3.8) is 0 Å². The average molecular weight is 282 g/mol. The van der Waals surface area contributed by atoms with Crippen molar-refractivity contribution in [2.75, 3.05) is 0 Å². The summed E-state index contributed by atoms with van der Waals surface area (Å²) in [4.78, 5) is 16.7. The maximum Gasteiger partial charge on any atom is 3.00 e. The van der Waals surface area contributed by atoms with Gasteiger partial charge in [0.1, 0.15) is 0 Å². The quantitative estimate of drug-likeness (QED) is 0.470. The normalized spacial score (nSPS) is 4.80.